The summed E-state index contributed by atoms with van der Waals surface area (Å²) in [5.41, 5.74) is 1.60. The number of carbonyl (C=O) groups is 1. The summed E-state index contributed by atoms with van der Waals surface area (Å²) in [7, 11) is 0. The number of nitrogens with one attached hydrogen (secondary N) is 2. The fourth-order valence-electron chi connectivity index (χ4n) is 3.53. The molecule has 0 radical (unpaired) electrons. The topological polar surface area (TPSA) is 74.8 Å². The normalized spacial score (nSPS) is 16.0. The average Bonchev–Trinajstić information content (AvgIpc) is 3.16. The van der Waals surface area contributed by atoms with E-state index < -0.39 is 0 Å². The highest BCUT2D eigenvalue weighted by Crippen LogP contribution is 2.26. The molecular formula is C21H27N3O2. The monoisotopic (exact) mass is 353 g/mol. The summed E-state index contributed by atoms with van der Waals surface area (Å²) < 4.78 is 0. The van der Waals surface area contributed by atoms with Crippen LogP contribution in [0.5, 0.6) is 0 Å². The smallest absolute Gasteiger partial charge is 0.251 e. The Balaban J connectivity index is 1.84. The van der Waals surface area contributed by atoms with Crippen LogP contribution in [0.1, 0.15) is 68.6 Å². The SMILES string of the molecule is CC(C)c1nc(C[C@@H](NC(=O)C2CCCC2)c2ccccc2)cc(=O)[nH]1. The molecule has 0 spiro atoms. The van der Waals surface area contributed by atoms with Gasteiger partial charge in [0.05, 0.1) is 11.7 Å². The van der Waals surface area contributed by atoms with Crippen LogP contribution in [0.25, 0.3) is 0 Å². The third kappa shape index (κ3) is 4.59. The van der Waals surface area contributed by atoms with E-state index in [-0.39, 0.29) is 29.3 Å². The molecule has 26 heavy (non-hydrogen) atoms. The molecule has 1 fully saturated rings. The third-order valence-electron chi connectivity index (χ3n) is 5.02. The van der Waals surface area contributed by atoms with Gasteiger partial charge < -0.3 is 10.3 Å². The molecule has 5 nitrogen and oxygen atoms in total. The molecule has 1 heterocycles. The summed E-state index contributed by atoms with van der Waals surface area (Å²) >= 11 is 0. The maximum absolute atomic E-state index is 12.7. The number of rotatable bonds is 6. The van der Waals surface area contributed by atoms with E-state index in [0.29, 0.717) is 17.9 Å². The maximum atomic E-state index is 12.7. The first-order valence-corrected chi connectivity index (χ1v) is 9.48. The van der Waals surface area contributed by atoms with Crippen molar-refractivity contribution in [2.75, 3.05) is 0 Å². The number of amides is 1. The molecule has 2 N–H and O–H groups in total. The average molecular weight is 353 g/mol. The molecule has 1 aromatic heterocycles. The molecule has 3 rings (SSSR count). The minimum atomic E-state index is -0.182. The molecule has 5 heteroatoms. The van der Waals surface area contributed by atoms with Gasteiger partial charge >= 0.3 is 0 Å². The van der Waals surface area contributed by atoms with E-state index in [2.05, 4.69) is 15.3 Å². The van der Waals surface area contributed by atoms with Crippen LogP contribution in [-0.2, 0) is 11.2 Å². The van der Waals surface area contributed by atoms with Crippen molar-refractivity contribution in [3.63, 3.8) is 0 Å². The Hall–Kier alpha value is -2.43. The van der Waals surface area contributed by atoms with Gasteiger partial charge in [0.25, 0.3) is 5.56 Å². The number of aromatic nitrogens is 2. The van der Waals surface area contributed by atoms with Crippen LogP contribution in [0.2, 0.25) is 0 Å². The quantitative estimate of drug-likeness (QED) is 0.835. The number of hydrogen-bond acceptors (Lipinski definition) is 3. The van der Waals surface area contributed by atoms with Crippen LogP contribution in [0, 0.1) is 5.92 Å². The van der Waals surface area contributed by atoms with Crippen LogP contribution < -0.4 is 10.9 Å². The predicted molar refractivity (Wildman–Crippen MR) is 102 cm³/mol. The summed E-state index contributed by atoms with van der Waals surface area (Å²) in [5.74, 6) is 1.05. The van der Waals surface area contributed by atoms with Gasteiger partial charge in [0.2, 0.25) is 5.91 Å². The highest BCUT2D eigenvalue weighted by atomic mass is 16.2. The summed E-state index contributed by atoms with van der Waals surface area (Å²) in [5, 5.41) is 3.20. The Labute approximate surface area is 154 Å². The Morgan fingerprint density at radius 1 is 1.23 bits per heavy atom. The van der Waals surface area contributed by atoms with Crippen LogP contribution in [0.4, 0.5) is 0 Å². The second-order valence-corrected chi connectivity index (χ2v) is 7.43. The van der Waals surface area contributed by atoms with Gasteiger partial charge in [-0.2, -0.15) is 0 Å². The molecule has 138 valence electrons. The largest absolute Gasteiger partial charge is 0.349 e. The molecule has 0 saturated heterocycles. The second kappa shape index (κ2) is 8.30. The molecule has 1 atom stereocenters. The summed E-state index contributed by atoms with van der Waals surface area (Å²) in [6.45, 7) is 4.00. The predicted octanol–water partition coefficient (Wildman–Crippen LogP) is 3.48. The lowest BCUT2D eigenvalue weighted by atomic mass is 9.99. The Morgan fingerprint density at radius 2 is 1.92 bits per heavy atom. The van der Waals surface area contributed by atoms with E-state index in [1.807, 2.05) is 44.2 Å². The van der Waals surface area contributed by atoms with Crippen LogP contribution >= 0.6 is 0 Å². The van der Waals surface area contributed by atoms with Crippen molar-refractivity contribution in [2.24, 2.45) is 5.92 Å². The first kappa shape index (κ1) is 18.4. The lowest BCUT2D eigenvalue weighted by molar-refractivity contribution is -0.125. The van der Waals surface area contributed by atoms with E-state index in [0.717, 1.165) is 31.2 Å². The van der Waals surface area contributed by atoms with Gasteiger partial charge in [0.15, 0.2) is 0 Å². The number of carbonyl (C=O) groups excluding carboxylic acids is 1. The molecule has 0 unspecified atom stereocenters. The highest BCUT2D eigenvalue weighted by molar-refractivity contribution is 5.79. The highest BCUT2D eigenvalue weighted by Gasteiger charge is 2.25. The summed E-state index contributed by atoms with van der Waals surface area (Å²) in [6.07, 6.45) is 4.69. The molecule has 1 amide bonds. The number of aromatic amines is 1. The van der Waals surface area contributed by atoms with E-state index >= 15 is 0 Å². The second-order valence-electron chi connectivity index (χ2n) is 7.43. The number of benzene rings is 1. The van der Waals surface area contributed by atoms with Gasteiger partial charge in [0.1, 0.15) is 5.82 Å². The molecule has 0 aliphatic heterocycles. The summed E-state index contributed by atoms with van der Waals surface area (Å²) in [6, 6.07) is 11.3. The van der Waals surface area contributed by atoms with E-state index in [1.54, 1.807) is 0 Å². The Morgan fingerprint density at radius 3 is 2.58 bits per heavy atom. The zero-order chi connectivity index (χ0) is 18.5. The van der Waals surface area contributed by atoms with Gasteiger partial charge in [0, 0.05) is 24.3 Å². The first-order valence-electron chi connectivity index (χ1n) is 9.48. The number of hydrogen-bond donors (Lipinski definition) is 2. The summed E-state index contributed by atoms with van der Waals surface area (Å²) in [4.78, 5) is 32.0. The van der Waals surface area contributed by atoms with E-state index in [4.69, 9.17) is 0 Å². The number of nitrogens with zero attached hydrogens (tertiary/aromatic N) is 1. The molecule has 1 aliphatic rings. The fraction of sp³-hybridized carbons (Fsp3) is 0.476. The maximum Gasteiger partial charge on any atom is 0.251 e. The molecule has 1 aromatic carbocycles. The minimum Gasteiger partial charge on any atom is -0.349 e. The molecule has 1 aliphatic carbocycles. The molecule has 0 bridgehead atoms. The van der Waals surface area contributed by atoms with Crippen LogP contribution in [0.15, 0.2) is 41.2 Å². The van der Waals surface area contributed by atoms with Crippen molar-refractivity contribution in [2.45, 2.75) is 57.9 Å². The Kier molecular flexibility index (Phi) is 5.86. The lowest BCUT2D eigenvalue weighted by Crippen LogP contribution is -2.34. The lowest BCUT2D eigenvalue weighted by Gasteiger charge is -2.21. The van der Waals surface area contributed by atoms with Gasteiger partial charge in [-0.3, -0.25) is 9.59 Å². The fourth-order valence-corrected chi connectivity index (χ4v) is 3.53. The van der Waals surface area contributed by atoms with Crippen molar-refractivity contribution in [1.29, 1.82) is 0 Å². The van der Waals surface area contributed by atoms with Crippen LogP contribution in [-0.4, -0.2) is 15.9 Å². The van der Waals surface area contributed by atoms with E-state index in [1.165, 1.54) is 6.07 Å². The Bertz CT molecular complexity index is 792. The van der Waals surface area contributed by atoms with Gasteiger partial charge in [-0.25, -0.2) is 4.98 Å². The van der Waals surface area contributed by atoms with Crippen LogP contribution in [0.3, 0.4) is 0 Å². The molecule has 2 aromatic rings. The van der Waals surface area contributed by atoms with Crippen molar-refractivity contribution < 1.29 is 4.79 Å². The van der Waals surface area contributed by atoms with E-state index in [9.17, 15) is 9.59 Å². The zero-order valence-electron chi connectivity index (χ0n) is 15.5. The van der Waals surface area contributed by atoms with Crippen molar-refractivity contribution >= 4 is 5.91 Å². The van der Waals surface area contributed by atoms with Gasteiger partial charge in [-0.1, -0.05) is 57.0 Å². The van der Waals surface area contributed by atoms with Gasteiger partial charge in [-0.15, -0.1) is 0 Å². The van der Waals surface area contributed by atoms with Crippen molar-refractivity contribution in [3.05, 3.63) is 63.8 Å². The van der Waals surface area contributed by atoms with Gasteiger partial charge in [-0.05, 0) is 18.4 Å². The zero-order valence-corrected chi connectivity index (χ0v) is 15.5. The van der Waals surface area contributed by atoms with Crippen molar-refractivity contribution in [3.8, 4) is 0 Å². The first-order chi connectivity index (χ1) is 12.5. The standard InChI is InChI=1S/C21H27N3O2/c1-14(2)20-22-17(13-19(25)24-20)12-18(15-8-4-3-5-9-15)23-21(26)16-10-6-7-11-16/h3-5,8-9,13-14,16,18H,6-7,10-12H2,1-2H3,(H,23,26)(H,22,24,25)/t18-/m1/s1. The number of H-pyrrole nitrogens is 1. The molecular weight excluding hydrogens is 326 g/mol. The van der Waals surface area contributed by atoms with Crippen molar-refractivity contribution in [1.82, 2.24) is 15.3 Å². The molecule has 1 saturated carbocycles. The minimum absolute atomic E-state index is 0.111. The third-order valence-corrected chi connectivity index (χ3v) is 5.02.